The molecule has 3 heterocycles. The van der Waals surface area contributed by atoms with Crippen LogP contribution in [-0.4, -0.2) is 68.9 Å². The summed E-state index contributed by atoms with van der Waals surface area (Å²) in [7, 11) is 3.86. The van der Waals surface area contributed by atoms with Crippen LogP contribution in [0.5, 0.6) is 5.75 Å². The Balaban J connectivity index is 1.34. The maximum atomic E-state index is 16.0. The Bertz CT molecular complexity index is 1920. The second kappa shape index (κ2) is 11.9. The molecule has 0 radical (unpaired) electrons. The monoisotopic (exact) mass is 607 g/mol. The lowest BCUT2D eigenvalue weighted by atomic mass is 10.0. The molecule has 7 rings (SSSR count). The molecule has 2 aliphatic heterocycles. The second-order valence-corrected chi connectivity index (χ2v) is 11.6. The third-order valence-corrected chi connectivity index (χ3v) is 8.49. The molecule has 230 valence electrons. The van der Waals surface area contributed by atoms with Gasteiger partial charge in [0.25, 0.3) is 5.91 Å². The van der Waals surface area contributed by atoms with Gasteiger partial charge in [0, 0.05) is 63.4 Å². The lowest BCUT2D eigenvalue weighted by molar-refractivity contribution is 0.0398. The van der Waals surface area contributed by atoms with Gasteiger partial charge >= 0.3 is 0 Å². The summed E-state index contributed by atoms with van der Waals surface area (Å²) in [5, 5.41) is 6.16. The highest BCUT2D eigenvalue weighted by Gasteiger charge is 2.31. The van der Waals surface area contributed by atoms with Crippen LogP contribution in [0.4, 0.5) is 21.5 Å². The van der Waals surface area contributed by atoms with E-state index in [1.54, 1.807) is 22.9 Å². The molecule has 45 heavy (non-hydrogen) atoms. The van der Waals surface area contributed by atoms with E-state index in [1.807, 2.05) is 67.5 Å². The molecule has 1 aliphatic carbocycles. The van der Waals surface area contributed by atoms with Crippen LogP contribution in [0.2, 0.25) is 0 Å². The van der Waals surface area contributed by atoms with E-state index in [-0.39, 0.29) is 22.4 Å². The van der Waals surface area contributed by atoms with Gasteiger partial charge in [-0.3, -0.25) is 14.5 Å². The highest BCUT2D eigenvalue weighted by molar-refractivity contribution is 6.08. The summed E-state index contributed by atoms with van der Waals surface area (Å²) >= 11 is 0. The molecule has 0 saturated carbocycles. The number of carbonyl (C=O) groups is 1. The number of amides is 1. The van der Waals surface area contributed by atoms with Crippen LogP contribution in [0.1, 0.15) is 21.5 Å². The van der Waals surface area contributed by atoms with Crippen molar-refractivity contribution in [1.82, 2.24) is 9.47 Å². The number of benzene rings is 3. The molecule has 3 aliphatic rings. The summed E-state index contributed by atoms with van der Waals surface area (Å²) in [6.07, 6.45) is 6.17. The number of pyridine rings is 1. The number of nitrogens with zero attached hydrogens (tertiary/aromatic N) is 3. The van der Waals surface area contributed by atoms with E-state index in [4.69, 9.17) is 9.47 Å². The summed E-state index contributed by atoms with van der Waals surface area (Å²) in [6.45, 7) is 4.14. The van der Waals surface area contributed by atoms with Gasteiger partial charge < -0.3 is 29.6 Å². The van der Waals surface area contributed by atoms with Gasteiger partial charge in [-0.15, -0.1) is 0 Å². The van der Waals surface area contributed by atoms with Gasteiger partial charge in [-0.1, -0.05) is 30.3 Å². The standard InChI is InChI=1S/C35H34FN5O4/c1-39(2)24-12-10-23(11-13-24)38-35(43)27-21-41-29-9-5-7-22-6-3-4-8-25(22)33(29)45-34-30(28(36)20-26(31(34)41)32(27)42)37-14-15-40-16-18-44-19-17-40/h3-6,8-13,20-21,37H,7,14-19H2,1-2H3,(H,38,43). The van der Waals surface area contributed by atoms with Gasteiger partial charge in [0.2, 0.25) is 5.43 Å². The number of rotatable bonds is 7. The summed E-state index contributed by atoms with van der Waals surface area (Å²) in [5.74, 6) is -0.450. The molecule has 1 aromatic heterocycles. The number of hydrogen-bond donors (Lipinski definition) is 2. The Kier molecular flexibility index (Phi) is 7.60. The van der Waals surface area contributed by atoms with Crippen molar-refractivity contribution in [3.8, 4) is 5.75 Å². The van der Waals surface area contributed by atoms with Gasteiger partial charge in [-0.2, -0.15) is 0 Å². The minimum absolute atomic E-state index is 0.0642. The molecule has 0 unspecified atom stereocenters. The maximum absolute atomic E-state index is 16.0. The molecular formula is C35H34FN5O4. The first-order chi connectivity index (χ1) is 21.9. The molecule has 3 aromatic carbocycles. The van der Waals surface area contributed by atoms with Gasteiger partial charge in [-0.05, 0) is 48.4 Å². The summed E-state index contributed by atoms with van der Waals surface area (Å²) in [4.78, 5) is 31.7. The number of aromatic nitrogens is 1. The minimum Gasteiger partial charge on any atom is -0.450 e. The van der Waals surface area contributed by atoms with Crippen molar-refractivity contribution in [2.75, 3.05) is 69.0 Å². The minimum atomic E-state index is -0.624. The Hall–Kier alpha value is -4.93. The number of halogens is 1. The lowest BCUT2D eigenvalue weighted by Gasteiger charge is -2.29. The second-order valence-electron chi connectivity index (χ2n) is 11.6. The quantitative estimate of drug-likeness (QED) is 0.305. The van der Waals surface area contributed by atoms with Crippen LogP contribution in [-0.2, 0) is 11.2 Å². The molecule has 1 saturated heterocycles. The van der Waals surface area contributed by atoms with Crippen molar-refractivity contribution in [3.05, 3.63) is 106 Å². The molecule has 0 bridgehead atoms. The maximum Gasteiger partial charge on any atom is 0.261 e. The fourth-order valence-electron chi connectivity index (χ4n) is 6.08. The van der Waals surface area contributed by atoms with E-state index in [0.717, 1.165) is 29.9 Å². The number of carbonyl (C=O) groups excluding carboxylic acids is 1. The number of anilines is 3. The fourth-order valence-corrected chi connectivity index (χ4v) is 6.08. The average Bonchev–Trinajstić information content (AvgIpc) is 3.23. The number of ether oxygens (including phenoxy) is 2. The molecule has 0 spiro atoms. The number of morpholine rings is 1. The fraction of sp³-hybridized carbons (Fsp3) is 0.257. The highest BCUT2D eigenvalue weighted by Crippen LogP contribution is 2.45. The first kappa shape index (κ1) is 28.8. The molecule has 1 fully saturated rings. The zero-order valence-corrected chi connectivity index (χ0v) is 25.2. The number of allylic oxidation sites excluding steroid dienone is 3. The molecule has 9 nitrogen and oxygen atoms in total. The Labute approximate surface area is 260 Å². The molecular weight excluding hydrogens is 573 g/mol. The topological polar surface area (TPSA) is 88.1 Å². The summed E-state index contributed by atoms with van der Waals surface area (Å²) in [5.41, 5.74) is 4.01. The van der Waals surface area contributed by atoms with E-state index >= 15 is 4.39 Å². The van der Waals surface area contributed by atoms with E-state index in [1.165, 1.54) is 6.07 Å². The van der Waals surface area contributed by atoms with Gasteiger partial charge in [0.05, 0.1) is 24.3 Å². The van der Waals surface area contributed by atoms with Crippen molar-refractivity contribution >= 4 is 45.3 Å². The first-order valence-corrected chi connectivity index (χ1v) is 15.1. The van der Waals surface area contributed by atoms with E-state index in [9.17, 15) is 9.59 Å². The molecule has 2 N–H and O–H groups in total. The number of fused-ring (bicyclic) bond motifs is 3. The van der Waals surface area contributed by atoms with Gasteiger partial charge in [0.1, 0.15) is 16.8 Å². The Morgan fingerprint density at radius 3 is 2.62 bits per heavy atom. The smallest absolute Gasteiger partial charge is 0.261 e. The van der Waals surface area contributed by atoms with Crippen molar-refractivity contribution in [3.63, 3.8) is 0 Å². The Morgan fingerprint density at radius 1 is 1.07 bits per heavy atom. The van der Waals surface area contributed by atoms with Gasteiger partial charge in [0.15, 0.2) is 17.3 Å². The SMILES string of the molecule is CN(C)c1ccc(NC(=O)c2cn3c4c(c(NCCN5CCOCC5)c(F)cc4c2=O)OC2=C3C=CCc3ccccc32)cc1. The molecule has 1 amide bonds. The Morgan fingerprint density at radius 2 is 1.84 bits per heavy atom. The van der Waals surface area contributed by atoms with E-state index < -0.39 is 17.2 Å². The molecule has 0 atom stereocenters. The predicted octanol–water partition coefficient (Wildman–Crippen LogP) is 5.03. The van der Waals surface area contributed by atoms with Crippen LogP contribution in [0.15, 0.2) is 77.7 Å². The van der Waals surface area contributed by atoms with Gasteiger partial charge in [-0.25, -0.2) is 4.39 Å². The zero-order valence-electron chi connectivity index (χ0n) is 25.2. The molecule has 10 heteroatoms. The van der Waals surface area contributed by atoms with Crippen molar-refractivity contribution < 1.29 is 18.7 Å². The summed E-state index contributed by atoms with van der Waals surface area (Å²) < 4.78 is 29.8. The third-order valence-electron chi connectivity index (χ3n) is 8.49. The highest BCUT2D eigenvalue weighted by atomic mass is 19.1. The van der Waals surface area contributed by atoms with Crippen molar-refractivity contribution in [2.24, 2.45) is 0 Å². The van der Waals surface area contributed by atoms with Crippen LogP contribution < -0.4 is 25.7 Å². The summed E-state index contributed by atoms with van der Waals surface area (Å²) in [6, 6.07) is 16.4. The van der Waals surface area contributed by atoms with Crippen molar-refractivity contribution in [2.45, 2.75) is 6.42 Å². The van der Waals surface area contributed by atoms with Crippen LogP contribution in [0.25, 0.3) is 22.4 Å². The van der Waals surface area contributed by atoms with Crippen LogP contribution in [0, 0.1) is 5.82 Å². The van der Waals surface area contributed by atoms with Crippen molar-refractivity contribution in [1.29, 1.82) is 0 Å². The average molecular weight is 608 g/mol. The third kappa shape index (κ3) is 5.36. The lowest BCUT2D eigenvalue weighted by Crippen LogP contribution is -2.39. The molecule has 4 aromatic rings. The predicted molar refractivity (Wildman–Crippen MR) is 176 cm³/mol. The van der Waals surface area contributed by atoms with E-state index in [0.29, 0.717) is 55.4 Å². The van der Waals surface area contributed by atoms with E-state index in [2.05, 4.69) is 15.5 Å². The normalized spacial score (nSPS) is 15.6. The first-order valence-electron chi connectivity index (χ1n) is 15.1. The zero-order chi connectivity index (χ0) is 31.1. The largest absolute Gasteiger partial charge is 0.450 e. The van der Waals surface area contributed by atoms with Crippen LogP contribution >= 0.6 is 0 Å². The number of hydrogen-bond acceptors (Lipinski definition) is 7. The van der Waals surface area contributed by atoms with Crippen LogP contribution in [0.3, 0.4) is 0 Å². The number of nitrogens with one attached hydrogen (secondary N) is 2.